The molecule has 0 aliphatic carbocycles. The summed E-state index contributed by atoms with van der Waals surface area (Å²) < 4.78 is 23.9. The maximum Gasteiger partial charge on any atom is 0.184 e. The minimum atomic E-state index is -0.649. The highest BCUT2D eigenvalue weighted by Gasteiger charge is 2.44. The number of fused-ring (bicyclic) bond motifs is 1. The summed E-state index contributed by atoms with van der Waals surface area (Å²) in [5, 5.41) is 11.6. The molecule has 5 rings (SSSR count). The van der Waals surface area contributed by atoms with E-state index in [1.807, 2.05) is 75.4 Å². The molecule has 0 radical (unpaired) electrons. The van der Waals surface area contributed by atoms with Crippen LogP contribution in [0.1, 0.15) is 61.8 Å². The van der Waals surface area contributed by atoms with E-state index >= 15 is 0 Å². The van der Waals surface area contributed by atoms with Crippen LogP contribution in [0.2, 0.25) is 5.02 Å². The fraction of sp³-hybridized carbons (Fsp3) is 0.400. The summed E-state index contributed by atoms with van der Waals surface area (Å²) in [6, 6.07) is 23.8. The van der Waals surface area contributed by atoms with Crippen molar-refractivity contribution < 1.29 is 24.1 Å². The molecule has 2 aliphatic rings. The molecule has 2 fully saturated rings. The molecule has 0 amide bonds. The van der Waals surface area contributed by atoms with Crippen LogP contribution in [0.4, 0.5) is 0 Å². The second-order valence-corrected chi connectivity index (χ2v) is 9.15. The first-order valence-corrected chi connectivity index (χ1v) is 13.1. The standard InChI is InChI=1S/C28H29ClO5.C2H6/c1-2-31-22-11-8-18(9-12-22)14-21-15-20(10-13-23(21)29)25-16-24(30)27-26(33-25)17-32-28(34-27)19-6-4-3-5-7-19;1-2/h3-13,15,24-28,30H,2,14,16-17H2,1H3;1-2H3/t24?,25?,26?,27-,28?;/m0./s1. The molecule has 1 N–H and O–H groups in total. The molecule has 192 valence electrons. The van der Waals surface area contributed by atoms with Crippen LogP contribution >= 0.6 is 11.6 Å². The van der Waals surface area contributed by atoms with Crippen LogP contribution < -0.4 is 4.74 Å². The zero-order valence-corrected chi connectivity index (χ0v) is 21.9. The fourth-order valence-corrected chi connectivity index (χ4v) is 4.83. The fourth-order valence-electron chi connectivity index (χ4n) is 4.64. The molecule has 3 aromatic carbocycles. The predicted molar refractivity (Wildman–Crippen MR) is 141 cm³/mol. The zero-order chi connectivity index (χ0) is 25.5. The lowest BCUT2D eigenvalue weighted by molar-refractivity contribution is -0.311. The van der Waals surface area contributed by atoms with Crippen molar-refractivity contribution in [1.29, 1.82) is 0 Å². The first-order valence-electron chi connectivity index (χ1n) is 12.8. The van der Waals surface area contributed by atoms with Crippen LogP contribution in [0.15, 0.2) is 72.8 Å². The monoisotopic (exact) mass is 510 g/mol. The number of ether oxygens (including phenoxy) is 4. The highest BCUT2D eigenvalue weighted by Crippen LogP contribution is 2.39. The Morgan fingerprint density at radius 1 is 0.944 bits per heavy atom. The van der Waals surface area contributed by atoms with E-state index in [1.165, 1.54) is 0 Å². The van der Waals surface area contributed by atoms with E-state index in [0.29, 0.717) is 31.1 Å². The van der Waals surface area contributed by atoms with Gasteiger partial charge < -0.3 is 24.1 Å². The average molecular weight is 511 g/mol. The second kappa shape index (κ2) is 12.7. The Hall–Kier alpha value is -2.41. The number of rotatable bonds is 6. The van der Waals surface area contributed by atoms with Gasteiger partial charge in [0.1, 0.15) is 18.0 Å². The van der Waals surface area contributed by atoms with Crippen LogP contribution in [0.25, 0.3) is 0 Å². The van der Waals surface area contributed by atoms with E-state index < -0.39 is 18.5 Å². The molecule has 2 aliphatic heterocycles. The smallest absolute Gasteiger partial charge is 0.184 e. The normalized spacial score (nSPS) is 25.3. The zero-order valence-electron chi connectivity index (χ0n) is 21.1. The molecule has 4 unspecified atom stereocenters. The van der Waals surface area contributed by atoms with Gasteiger partial charge in [0.25, 0.3) is 0 Å². The van der Waals surface area contributed by atoms with Gasteiger partial charge in [0, 0.05) is 17.0 Å². The van der Waals surface area contributed by atoms with Gasteiger partial charge in [0.2, 0.25) is 0 Å². The van der Waals surface area contributed by atoms with Gasteiger partial charge in [0.05, 0.1) is 25.4 Å². The SMILES string of the molecule is CC.CCOc1ccc(Cc2cc(C3CC(O)[C@@H]4OC(c5ccccc5)OCC4O3)ccc2Cl)cc1. The van der Waals surface area contributed by atoms with Gasteiger partial charge in [-0.1, -0.05) is 80.0 Å². The topological polar surface area (TPSA) is 57.2 Å². The number of hydrogen-bond acceptors (Lipinski definition) is 5. The molecule has 0 spiro atoms. The summed E-state index contributed by atoms with van der Waals surface area (Å²) >= 11 is 6.52. The predicted octanol–water partition coefficient (Wildman–Crippen LogP) is 6.66. The molecule has 36 heavy (non-hydrogen) atoms. The van der Waals surface area contributed by atoms with Crippen LogP contribution in [0, 0.1) is 0 Å². The van der Waals surface area contributed by atoms with E-state index in [-0.39, 0.29) is 12.2 Å². The van der Waals surface area contributed by atoms with E-state index in [2.05, 4.69) is 18.2 Å². The second-order valence-electron chi connectivity index (χ2n) is 8.75. The summed E-state index contributed by atoms with van der Waals surface area (Å²) in [6.45, 7) is 6.98. The quantitative estimate of drug-likeness (QED) is 0.402. The van der Waals surface area contributed by atoms with Crippen molar-refractivity contribution >= 4 is 11.6 Å². The molecule has 2 saturated heterocycles. The van der Waals surface area contributed by atoms with Gasteiger partial charge in [0.15, 0.2) is 6.29 Å². The van der Waals surface area contributed by atoms with E-state index in [4.69, 9.17) is 30.5 Å². The molecule has 5 atom stereocenters. The highest BCUT2D eigenvalue weighted by atomic mass is 35.5. The maximum absolute atomic E-state index is 10.9. The number of benzene rings is 3. The minimum Gasteiger partial charge on any atom is -0.494 e. The Bertz CT molecular complexity index is 1090. The average Bonchev–Trinajstić information content (AvgIpc) is 2.92. The Kier molecular flexibility index (Phi) is 9.41. The third kappa shape index (κ3) is 6.28. The molecular formula is C30H35ClO5. The minimum absolute atomic E-state index is 0.256. The van der Waals surface area contributed by atoms with Crippen molar-refractivity contribution in [3.8, 4) is 5.75 Å². The first kappa shape index (κ1) is 26.6. The molecule has 2 heterocycles. The van der Waals surface area contributed by atoms with Gasteiger partial charge in [-0.2, -0.15) is 0 Å². The van der Waals surface area contributed by atoms with Crippen LogP contribution in [0.3, 0.4) is 0 Å². The van der Waals surface area contributed by atoms with E-state index in [0.717, 1.165) is 28.0 Å². The molecular weight excluding hydrogens is 476 g/mol. The van der Waals surface area contributed by atoms with Gasteiger partial charge in [-0.15, -0.1) is 0 Å². The Morgan fingerprint density at radius 2 is 1.69 bits per heavy atom. The van der Waals surface area contributed by atoms with Crippen LogP contribution in [-0.4, -0.2) is 36.6 Å². The number of hydrogen-bond donors (Lipinski definition) is 1. The Morgan fingerprint density at radius 3 is 2.42 bits per heavy atom. The molecule has 5 nitrogen and oxygen atoms in total. The summed E-state index contributed by atoms with van der Waals surface area (Å²) in [6.07, 6.45) is -1.01. The number of halogens is 1. The van der Waals surface area contributed by atoms with Crippen LogP contribution in [0.5, 0.6) is 5.75 Å². The van der Waals surface area contributed by atoms with Gasteiger partial charge in [-0.25, -0.2) is 0 Å². The van der Waals surface area contributed by atoms with Crippen molar-refractivity contribution in [2.75, 3.05) is 13.2 Å². The Balaban J connectivity index is 0.00000148. The lowest BCUT2D eigenvalue weighted by Crippen LogP contribution is -2.53. The molecule has 3 aromatic rings. The third-order valence-corrected chi connectivity index (χ3v) is 6.74. The van der Waals surface area contributed by atoms with Crippen molar-refractivity contribution in [1.82, 2.24) is 0 Å². The van der Waals surface area contributed by atoms with Crippen molar-refractivity contribution in [3.05, 3.63) is 100 Å². The summed E-state index contributed by atoms with van der Waals surface area (Å²) in [7, 11) is 0. The summed E-state index contributed by atoms with van der Waals surface area (Å²) in [4.78, 5) is 0. The van der Waals surface area contributed by atoms with Crippen LogP contribution in [-0.2, 0) is 20.6 Å². The number of aliphatic hydroxyl groups is 1. The van der Waals surface area contributed by atoms with Crippen molar-refractivity contribution in [2.45, 2.75) is 64.3 Å². The van der Waals surface area contributed by atoms with E-state index in [1.54, 1.807) is 0 Å². The Labute approximate surface area is 218 Å². The molecule has 6 heteroatoms. The van der Waals surface area contributed by atoms with Gasteiger partial charge in [-0.05, 0) is 48.2 Å². The molecule has 0 aromatic heterocycles. The number of aliphatic hydroxyl groups excluding tert-OH is 1. The van der Waals surface area contributed by atoms with E-state index in [9.17, 15) is 5.11 Å². The van der Waals surface area contributed by atoms with Crippen molar-refractivity contribution in [3.63, 3.8) is 0 Å². The third-order valence-electron chi connectivity index (χ3n) is 6.38. The molecule has 0 saturated carbocycles. The van der Waals surface area contributed by atoms with Gasteiger partial charge in [-0.3, -0.25) is 0 Å². The largest absolute Gasteiger partial charge is 0.494 e. The summed E-state index contributed by atoms with van der Waals surface area (Å²) in [5.41, 5.74) is 4.09. The maximum atomic E-state index is 10.9. The van der Waals surface area contributed by atoms with Gasteiger partial charge >= 0.3 is 0 Å². The highest BCUT2D eigenvalue weighted by molar-refractivity contribution is 6.31. The lowest BCUT2D eigenvalue weighted by atomic mass is 9.92. The first-order chi connectivity index (χ1) is 17.6. The van der Waals surface area contributed by atoms with Crippen molar-refractivity contribution in [2.24, 2.45) is 0 Å². The summed E-state index contributed by atoms with van der Waals surface area (Å²) in [5.74, 6) is 0.858. The lowest BCUT2D eigenvalue weighted by Gasteiger charge is -2.44. The molecule has 0 bridgehead atoms.